The Morgan fingerprint density at radius 3 is 2.34 bits per heavy atom. The summed E-state index contributed by atoms with van der Waals surface area (Å²) in [5.74, 6) is -1.05. The molecule has 2 fully saturated rings. The smallest absolute Gasteiger partial charge is 0.407 e. The van der Waals surface area contributed by atoms with Crippen molar-refractivity contribution in [3.8, 4) is 11.1 Å². The number of fused-ring (bicyclic) bond motifs is 4. The molecule has 0 unspecified atom stereocenters. The first-order valence-corrected chi connectivity index (χ1v) is 12.0. The second-order valence-electron chi connectivity index (χ2n) is 9.78. The van der Waals surface area contributed by atoms with Crippen LogP contribution in [-0.4, -0.2) is 67.4 Å². The van der Waals surface area contributed by atoms with Gasteiger partial charge in [0.1, 0.15) is 13.2 Å². The van der Waals surface area contributed by atoms with Gasteiger partial charge in [0, 0.05) is 25.6 Å². The van der Waals surface area contributed by atoms with Crippen molar-refractivity contribution >= 4 is 18.0 Å². The first-order valence-electron chi connectivity index (χ1n) is 12.0. The number of alkyl carbamates (subject to hydrolysis) is 1. The third kappa shape index (κ3) is 4.38. The van der Waals surface area contributed by atoms with Gasteiger partial charge in [-0.2, -0.15) is 0 Å². The summed E-state index contributed by atoms with van der Waals surface area (Å²) in [5.41, 5.74) is 4.08. The van der Waals surface area contributed by atoms with E-state index < -0.39 is 17.5 Å². The van der Waals surface area contributed by atoms with E-state index in [1.54, 1.807) is 0 Å². The lowest BCUT2D eigenvalue weighted by Crippen LogP contribution is -2.43. The maximum absolute atomic E-state index is 13.2. The number of nitrogens with one attached hydrogen (secondary N) is 1. The second-order valence-corrected chi connectivity index (χ2v) is 9.78. The quantitative estimate of drug-likeness (QED) is 0.573. The Labute approximate surface area is 204 Å². The lowest BCUT2D eigenvalue weighted by molar-refractivity contribution is -0.147. The van der Waals surface area contributed by atoms with Crippen LogP contribution in [-0.2, 0) is 19.1 Å². The van der Waals surface area contributed by atoms with Crippen molar-refractivity contribution in [1.29, 1.82) is 0 Å². The fraction of sp³-hybridized carbons (Fsp3) is 0.444. The van der Waals surface area contributed by atoms with Crippen molar-refractivity contribution in [2.24, 2.45) is 11.3 Å². The Hall–Kier alpha value is -3.39. The fourth-order valence-electron chi connectivity index (χ4n) is 6.00. The number of aliphatic carboxylic acids is 1. The lowest BCUT2D eigenvalue weighted by atomic mass is 9.98. The third-order valence-corrected chi connectivity index (χ3v) is 7.68. The number of carboxylic acid groups (broad SMARTS) is 1. The number of hydrogen-bond donors (Lipinski definition) is 2. The summed E-state index contributed by atoms with van der Waals surface area (Å²) in [6.45, 7) is 0.409. The molecule has 5 rings (SSSR count). The Morgan fingerprint density at radius 1 is 1.06 bits per heavy atom. The first-order chi connectivity index (χ1) is 16.9. The number of carbonyl (C=O) groups is 3. The molecule has 0 heterocycles. The number of amides is 2. The van der Waals surface area contributed by atoms with Crippen LogP contribution in [0.3, 0.4) is 0 Å². The number of benzene rings is 2. The molecular weight excluding hydrogens is 448 g/mol. The molecule has 2 saturated carbocycles. The summed E-state index contributed by atoms with van der Waals surface area (Å²) < 4.78 is 10.7. The minimum Gasteiger partial charge on any atom is -0.480 e. The molecule has 0 radical (unpaired) electrons. The topological polar surface area (TPSA) is 105 Å². The van der Waals surface area contributed by atoms with E-state index in [9.17, 15) is 19.5 Å². The zero-order valence-corrected chi connectivity index (χ0v) is 19.7. The highest BCUT2D eigenvalue weighted by Gasteiger charge is 2.66. The van der Waals surface area contributed by atoms with E-state index in [1.807, 2.05) is 24.3 Å². The number of methoxy groups -OCH3 is 1. The largest absolute Gasteiger partial charge is 0.480 e. The number of nitrogens with zero attached hydrogens (tertiary/aromatic N) is 1. The number of carbonyl (C=O) groups excluding carboxylic acids is 2. The molecule has 2 aromatic rings. The third-order valence-electron chi connectivity index (χ3n) is 7.68. The van der Waals surface area contributed by atoms with Gasteiger partial charge in [-0.3, -0.25) is 9.59 Å². The average Bonchev–Trinajstić information content (AvgIpc) is 3.27. The Balaban J connectivity index is 1.18. The van der Waals surface area contributed by atoms with Crippen LogP contribution in [0.15, 0.2) is 48.5 Å². The van der Waals surface area contributed by atoms with Gasteiger partial charge in [-0.1, -0.05) is 48.5 Å². The summed E-state index contributed by atoms with van der Waals surface area (Å²) >= 11 is 0. The minimum atomic E-state index is -1.05. The predicted octanol–water partition coefficient (Wildman–Crippen LogP) is 3.25. The van der Waals surface area contributed by atoms with E-state index in [4.69, 9.17) is 9.47 Å². The van der Waals surface area contributed by atoms with E-state index in [1.165, 1.54) is 23.1 Å². The molecule has 8 nitrogen and oxygen atoms in total. The van der Waals surface area contributed by atoms with E-state index in [0.29, 0.717) is 12.8 Å². The average molecular weight is 479 g/mol. The normalized spacial score (nSPS) is 23.7. The SMILES string of the molecule is COCCN(CC(=O)O)C(=O)[C@@]12C[C@@H](NC(=O)OCC3c4ccccc4-c4ccccc43)C[C@@H]1C2. The molecule has 0 aromatic heterocycles. The standard InChI is InChI=1S/C27H30N2O6/c1-34-11-10-29(15-24(30)31)25(32)27-13-17(27)12-18(14-27)28-26(33)35-16-23-21-8-4-2-6-19(21)20-7-3-5-9-22(20)23/h2-9,17-18,23H,10-16H2,1H3,(H,28,33)(H,30,31)/t17-,18+,27+/m1/s1. The zero-order chi connectivity index (χ0) is 24.6. The van der Waals surface area contributed by atoms with Crippen molar-refractivity contribution in [2.75, 3.05) is 33.4 Å². The van der Waals surface area contributed by atoms with Crippen LogP contribution < -0.4 is 5.32 Å². The number of carboxylic acids is 1. The highest BCUT2D eigenvalue weighted by atomic mass is 16.5. The summed E-state index contributed by atoms with van der Waals surface area (Å²) in [7, 11) is 1.52. The molecule has 0 aliphatic heterocycles. The predicted molar refractivity (Wildman–Crippen MR) is 128 cm³/mol. The molecule has 184 valence electrons. The molecule has 2 N–H and O–H groups in total. The monoisotopic (exact) mass is 478 g/mol. The highest BCUT2D eigenvalue weighted by Crippen LogP contribution is 2.64. The molecule has 8 heteroatoms. The Bertz CT molecular complexity index is 1100. The van der Waals surface area contributed by atoms with Gasteiger partial charge in [-0.05, 0) is 47.4 Å². The molecule has 3 aliphatic carbocycles. The van der Waals surface area contributed by atoms with Crippen molar-refractivity contribution < 1.29 is 29.0 Å². The van der Waals surface area contributed by atoms with E-state index >= 15 is 0 Å². The van der Waals surface area contributed by atoms with Crippen molar-refractivity contribution in [2.45, 2.75) is 31.2 Å². The first kappa shape index (κ1) is 23.4. The highest BCUT2D eigenvalue weighted by molar-refractivity contribution is 5.89. The van der Waals surface area contributed by atoms with Crippen LogP contribution in [0.2, 0.25) is 0 Å². The van der Waals surface area contributed by atoms with Gasteiger partial charge in [0.15, 0.2) is 0 Å². The van der Waals surface area contributed by atoms with Crippen LogP contribution >= 0.6 is 0 Å². The van der Waals surface area contributed by atoms with E-state index in [-0.39, 0.29) is 50.1 Å². The number of hydrogen-bond acceptors (Lipinski definition) is 5. The zero-order valence-electron chi connectivity index (χ0n) is 19.7. The summed E-state index contributed by atoms with van der Waals surface area (Å²) in [6.07, 6.45) is 1.45. The van der Waals surface area contributed by atoms with Crippen LogP contribution in [0.4, 0.5) is 4.79 Å². The van der Waals surface area contributed by atoms with Gasteiger partial charge in [0.25, 0.3) is 0 Å². The van der Waals surface area contributed by atoms with Crippen LogP contribution in [0.5, 0.6) is 0 Å². The Kier molecular flexibility index (Phi) is 6.23. The van der Waals surface area contributed by atoms with E-state index in [0.717, 1.165) is 17.5 Å². The van der Waals surface area contributed by atoms with Gasteiger partial charge in [0.2, 0.25) is 5.91 Å². The summed E-state index contributed by atoms with van der Waals surface area (Å²) in [4.78, 5) is 38.5. The van der Waals surface area contributed by atoms with Crippen LogP contribution in [0, 0.1) is 11.3 Å². The molecule has 2 amide bonds. The maximum Gasteiger partial charge on any atom is 0.407 e. The van der Waals surface area contributed by atoms with Gasteiger partial charge >= 0.3 is 12.1 Å². The number of ether oxygens (including phenoxy) is 2. The van der Waals surface area contributed by atoms with Crippen LogP contribution in [0.1, 0.15) is 36.3 Å². The molecular formula is C27H30N2O6. The number of rotatable bonds is 9. The van der Waals surface area contributed by atoms with E-state index in [2.05, 4.69) is 29.6 Å². The van der Waals surface area contributed by atoms with Crippen molar-refractivity contribution in [3.63, 3.8) is 0 Å². The van der Waals surface area contributed by atoms with Crippen LogP contribution in [0.25, 0.3) is 11.1 Å². The van der Waals surface area contributed by atoms with Gasteiger partial charge < -0.3 is 24.8 Å². The maximum atomic E-state index is 13.2. The van der Waals surface area contributed by atoms with Gasteiger partial charge in [-0.15, -0.1) is 0 Å². The minimum absolute atomic E-state index is 0.0107. The molecule has 35 heavy (non-hydrogen) atoms. The summed E-state index contributed by atoms with van der Waals surface area (Å²) in [5, 5.41) is 12.1. The second kappa shape index (κ2) is 9.34. The molecule has 0 spiro atoms. The fourth-order valence-corrected chi connectivity index (χ4v) is 6.00. The Morgan fingerprint density at radius 2 is 1.71 bits per heavy atom. The lowest BCUT2D eigenvalue weighted by Gasteiger charge is -2.26. The molecule has 0 bridgehead atoms. The molecule has 3 aliphatic rings. The van der Waals surface area contributed by atoms with Gasteiger partial charge in [0.05, 0.1) is 12.0 Å². The summed E-state index contributed by atoms with van der Waals surface area (Å²) in [6, 6.07) is 16.2. The van der Waals surface area contributed by atoms with Gasteiger partial charge in [-0.25, -0.2) is 4.79 Å². The van der Waals surface area contributed by atoms with Crippen molar-refractivity contribution in [1.82, 2.24) is 10.2 Å². The molecule has 0 saturated heterocycles. The molecule has 2 aromatic carbocycles. The molecule has 3 atom stereocenters. The van der Waals surface area contributed by atoms with Crippen molar-refractivity contribution in [3.05, 3.63) is 59.7 Å².